The fraction of sp³-hybridized carbons (Fsp3) is 0.370. The monoisotopic (exact) mass is 490 g/mol. The standard InChI is InChI=1S/C27H30N4O3S/c1-16-9-10-19(26(32)33)14-23(16)31-17(2)13-21(18(31)3)25-24(22-8-4-5-11-28-22)29-27(35)30(25)15-20-7-6-12-34-20/h4-5,8-11,13-14,20,24-25H,6-7,12,15H2,1-3H3,(H,29,35)(H,32,33)/t20-,24-,25-/m0/s1. The zero-order valence-electron chi connectivity index (χ0n) is 20.2. The van der Waals surface area contributed by atoms with Crippen LogP contribution in [0.2, 0.25) is 0 Å². The van der Waals surface area contributed by atoms with Gasteiger partial charge < -0.3 is 24.6 Å². The lowest BCUT2D eigenvalue weighted by atomic mass is 9.96. The van der Waals surface area contributed by atoms with Crippen molar-refractivity contribution in [3.05, 3.63) is 82.4 Å². The van der Waals surface area contributed by atoms with E-state index in [2.05, 4.69) is 39.7 Å². The molecule has 7 nitrogen and oxygen atoms in total. The molecule has 0 bridgehead atoms. The van der Waals surface area contributed by atoms with Gasteiger partial charge in [-0.1, -0.05) is 12.1 Å². The first-order valence-corrected chi connectivity index (χ1v) is 12.4. The quantitative estimate of drug-likeness (QED) is 0.487. The zero-order valence-corrected chi connectivity index (χ0v) is 21.0. The average molecular weight is 491 g/mol. The van der Waals surface area contributed by atoms with E-state index in [0.29, 0.717) is 5.11 Å². The number of hydrogen-bond acceptors (Lipinski definition) is 4. The Morgan fingerprint density at radius 1 is 1.23 bits per heavy atom. The number of ether oxygens (including phenoxy) is 1. The minimum atomic E-state index is -0.933. The number of carboxylic acids is 1. The van der Waals surface area contributed by atoms with Crippen molar-refractivity contribution in [2.75, 3.05) is 13.2 Å². The van der Waals surface area contributed by atoms with Crippen molar-refractivity contribution in [2.24, 2.45) is 0 Å². The number of nitrogens with one attached hydrogen (secondary N) is 1. The number of carbonyl (C=O) groups is 1. The molecule has 8 heteroatoms. The summed E-state index contributed by atoms with van der Waals surface area (Å²) in [7, 11) is 0. The molecule has 2 aliphatic rings. The van der Waals surface area contributed by atoms with Crippen molar-refractivity contribution in [1.29, 1.82) is 0 Å². The van der Waals surface area contributed by atoms with Crippen LogP contribution in [0.3, 0.4) is 0 Å². The Bertz CT molecular complexity index is 1270. The minimum Gasteiger partial charge on any atom is -0.478 e. The van der Waals surface area contributed by atoms with Crippen LogP contribution in [0.1, 0.15) is 63.5 Å². The van der Waals surface area contributed by atoms with Gasteiger partial charge in [-0.05, 0) is 87.3 Å². The predicted octanol–water partition coefficient (Wildman–Crippen LogP) is 4.65. The van der Waals surface area contributed by atoms with Crippen LogP contribution in [0.25, 0.3) is 5.69 Å². The molecule has 3 atom stereocenters. The first-order chi connectivity index (χ1) is 16.8. The Balaban J connectivity index is 1.62. The molecule has 0 unspecified atom stereocenters. The van der Waals surface area contributed by atoms with Gasteiger partial charge in [-0.2, -0.15) is 0 Å². The molecule has 1 aromatic carbocycles. The van der Waals surface area contributed by atoms with Gasteiger partial charge in [0.25, 0.3) is 0 Å². The molecule has 2 aliphatic heterocycles. The first kappa shape index (κ1) is 23.5. The number of aryl methyl sites for hydroxylation is 2. The number of hydrogen-bond donors (Lipinski definition) is 2. The van der Waals surface area contributed by atoms with E-state index in [0.717, 1.165) is 59.9 Å². The van der Waals surface area contributed by atoms with Gasteiger partial charge in [0.15, 0.2) is 5.11 Å². The van der Waals surface area contributed by atoms with Crippen molar-refractivity contribution in [3.8, 4) is 5.69 Å². The average Bonchev–Trinajstić information content (AvgIpc) is 3.54. The van der Waals surface area contributed by atoms with Gasteiger partial charge in [0, 0.05) is 36.4 Å². The molecule has 0 spiro atoms. The van der Waals surface area contributed by atoms with Crippen molar-refractivity contribution >= 4 is 23.3 Å². The van der Waals surface area contributed by atoms with Gasteiger partial charge in [0.2, 0.25) is 0 Å². The predicted molar refractivity (Wildman–Crippen MR) is 138 cm³/mol. The molecular formula is C27H30N4O3S. The third kappa shape index (κ3) is 4.32. The lowest BCUT2D eigenvalue weighted by Gasteiger charge is -2.30. The van der Waals surface area contributed by atoms with Crippen LogP contribution in [0.4, 0.5) is 0 Å². The fourth-order valence-electron chi connectivity index (χ4n) is 5.39. The maximum absolute atomic E-state index is 11.7. The van der Waals surface area contributed by atoms with Crippen LogP contribution in [0.15, 0.2) is 48.7 Å². The molecule has 2 saturated heterocycles. The van der Waals surface area contributed by atoms with E-state index in [9.17, 15) is 9.90 Å². The smallest absolute Gasteiger partial charge is 0.335 e. The molecule has 2 N–H and O–H groups in total. The lowest BCUT2D eigenvalue weighted by Crippen LogP contribution is -2.36. The molecule has 0 amide bonds. The number of carboxylic acid groups (broad SMARTS) is 1. The third-order valence-electron chi connectivity index (χ3n) is 7.11. The molecule has 0 saturated carbocycles. The molecule has 5 rings (SSSR count). The number of nitrogens with zero attached hydrogens (tertiary/aromatic N) is 3. The number of thiocarbonyl (C=S) groups is 1. The maximum Gasteiger partial charge on any atom is 0.335 e. The van der Waals surface area contributed by atoms with E-state index < -0.39 is 5.97 Å². The number of benzene rings is 1. The van der Waals surface area contributed by atoms with Crippen molar-refractivity contribution in [2.45, 2.75) is 51.8 Å². The SMILES string of the molecule is Cc1ccc(C(=O)O)cc1-n1c(C)cc([C@H]2[C@H](c3ccccn3)NC(=S)N2C[C@@H]2CCCO2)c1C. The van der Waals surface area contributed by atoms with Gasteiger partial charge in [0.1, 0.15) is 0 Å². The van der Waals surface area contributed by atoms with E-state index in [1.165, 1.54) is 0 Å². The normalized spacial score (nSPS) is 22.0. The summed E-state index contributed by atoms with van der Waals surface area (Å²) in [6.45, 7) is 7.67. The molecule has 2 aromatic heterocycles. The van der Waals surface area contributed by atoms with Crippen molar-refractivity contribution in [3.63, 3.8) is 0 Å². The highest BCUT2D eigenvalue weighted by Gasteiger charge is 2.42. The Labute approximate surface area is 210 Å². The number of pyridine rings is 1. The minimum absolute atomic E-state index is 0.0653. The summed E-state index contributed by atoms with van der Waals surface area (Å²) >= 11 is 5.83. The fourth-order valence-corrected chi connectivity index (χ4v) is 5.70. The molecule has 3 aromatic rings. The third-order valence-corrected chi connectivity index (χ3v) is 7.46. The zero-order chi connectivity index (χ0) is 24.7. The topological polar surface area (TPSA) is 79.6 Å². The second-order valence-electron chi connectivity index (χ2n) is 9.38. The van der Waals surface area contributed by atoms with Crippen molar-refractivity contribution < 1.29 is 14.6 Å². The number of aromatic nitrogens is 2. The summed E-state index contributed by atoms with van der Waals surface area (Å²) in [5, 5.41) is 13.8. The summed E-state index contributed by atoms with van der Waals surface area (Å²) in [6.07, 6.45) is 4.06. The summed E-state index contributed by atoms with van der Waals surface area (Å²) in [6, 6.07) is 13.2. The van der Waals surface area contributed by atoms with E-state index in [1.54, 1.807) is 12.1 Å². The second-order valence-corrected chi connectivity index (χ2v) is 9.77. The maximum atomic E-state index is 11.7. The molecular weight excluding hydrogens is 460 g/mol. The Morgan fingerprint density at radius 2 is 2.06 bits per heavy atom. The Kier molecular flexibility index (Phi) is 6.34. The molecule has 182 valence electrons. The molecule has 35 heavy (non-hydrogen) atoms. The molecule has 4 heterocycles. The lowest BCUT2D eigenvalue weighted by molar-refractivity contribution is 0.0696. The van der Waals surface area contributed by atoms with Gasteiger partial charge >= 0.3 is 5.97 Å². The van der Waals surface area contributed by atoms with Crippen LogP contribution in [0.5, 0.6) is 0 Å². The largest absolute Gasteiger partial charge is 0.478 e. The summed E-state index contributed by atoms with van der Waals surface area (Å²) in [4.78, 5) is 18.6. The summed E-state index contributed by atoms with van der Waals surface area (Å²) in [5.74, 6) is -0.933. The highest BCUT2D eigenvalue weighted by atomic mass is 32.1. The van der Waals surface area contributed by atoms with Gasteiger partial charge in [-0.3, -0.25) is 4.98 Å². The van der Waals surface area contributed by atoms with Crippen LogP contribution >= 0.6 is 12.2 Å². The number of aromatic carboxylic acids is 1. The molecule has 2 fully saturated rings. The summed E-state index contributed by atoms with van der Waals surface area (Å²) < 4.78 is 8.11. The second kappa shape index (κ2) is 9.43. The van der Waals surface area contributed by atoms with Gasteiger partial charge in [-0.15, -0.1) is 0 Å². The summed E-state index contributed by atoms with van der Waals surface area (Å²) in [5.41, 5.74) is 6.34. The molecule has 0 aliphatic carbocycles. The van der Waals surface area contributed by atoms with Crippen LogP contribution < -0.4 is 5.32 Å². The van der Waals surface area contributed by atoms with E-state index in [1.807, 2.05) is 37.4 Å². The van der Waals surface area contributed by atoms with E-state index >= 15 is 0 Å². The van der Waals surface area contributed by atoms with E-state index in [4.69, 9.17) is 17.0 Å². The highest BCUT2D eigenvalue weighted by Crippen LogP contribution is 2.42. The van der Waals surface area contributed by atoms with Gasteiger partial charge in [-0.25, -0.2) is 4.79 Å². The van der Waals surface area contributed by atoms with Crippen LogP contribution in [-0.2, 0) is 4.74 Å². The Morgan fingerprint density at radius 3 is 2.74 bits per heavy atom. The highest BCUT2D eigenvalue weighted by molar-refractivity contribution is 7.80. The first-order valence-electron chi connectivity index (χ1n) is 12.0. The van der Waals surface area contributed by atoms with Crippen LogP contribution in [-0.4, -0.2) is 49.9 Å². The Hall–Kier alpha value is -3.23. The van der Waals surface area contributed by atoms with Crippen LogP contribution in [0, 0.1) is 20.8 Å². The molecule has 0 radical (unpaired) electrons. The number of rotatable bonds is 6. The van der Waals surface area contributed by atoms with E-state index in [-0.39, 0.29) is 23.8 Å². The van der Waals surface area contributed by atoms with Gasteiger partial charge in [0.05, 0.1) is 29.4 Å². The van der Waals surface area contributed by atoms with Crippen molar-refractivity contribution in [1.82, 2.24) is 19.8 Å².